The van der Waals surface area contributed by atoms with Crippen LogP contribution in [0.25, 0.3) is 17.4 Å². The normalized spacial score (nSPS) is 15.2. The molecule has 1 aliphatic rings. The molecular formula is C30H26ClN3O6S. The van der Waals surface area contributed by atoms with E-state index in [0.29, 0.717) is 48.3 Å². The van der Waals surface area contributed by atoms with Crippen molar-refractivity contribution in [2.24, 2.45) is 4.99 Å². The number of thiazole rings is 1. The minimum atomic E-state index is -0.764. The highest BCUT2D eigenvalue weighted by Gasteiger charge is 2.33. The summed E-state index contributed by atoms with van der Waals surface area (Å²) in [7, 11) is 0. The Balaban J connectivity index is 1.62. The third kappa shape index (κ3) is 5.40. The molecule has 0 saturated carbocycles. The lowest BCUT2D eigenvalue weighted by atomic mass is 9.96. The van der Waals surface area contributed by atoms with Crippen molar-refractivity contribution in [1.82, 2.24) is 4.57 Å². The topological polar surface area (TPSA) is 117 Å². The average molecular weight is 592 g/mol. The number of carbonyl (C=O) groups excluding carboxylic acids is 1. The number of nitrogens with zero attached hydrogens (tertiary/aromatic N) is 3. The molecule has 0 N–H and O–H groups in total. The zero-order valence-corrected chi connectivity index (χ0v) is 24.5. The fraction of sp³-hybridized carbons (Fsp3) is 0.233. The van der Waals surface area contributed by atoms with Crippen LogP contribution in [0.5, 0.6) is 0 Å². The molecule has 1 aliphatic heterocycles. The number of halogens is 1. The van der Waals surface area contributed by atoms with Gasteiger partial charge < -0.3 is 9.15 Å². The highest BCUT2D eigenvalue weighted by atomic mass is 35.5. The molecule has 0 radical (unpaired) electrons. The van der Waals surface area contributed by atoms with Crippen LogP contribution in [0.2, 0.25) is 5.02 Å². The number of rotatable bonds is 6. The van der Waals surface area contributed by atoms with Crippen LogP contribution in [-0.2, 0) is 9.53 Å². The third-order valence-corrected chi connectivity index (χ3v) is 8.03. The Morgan fingerprint density at radius 2 is 1.88 bits per heavy atom. The molecule has 41 heavy (non-hydrogen) atoms. The lowest BCUT2D eigenvalue weighted by Gasteiger charge is -2.25. The van der Waals surface area contributed by atoms with Gasteiger partial charge >= 0.3 is 5.97 Å². The number of allylic oxidation sites excluding steroid dienone is 1. The molecule has 2 aromatic heterocycles. The Morgan fingerprint density at radius 3 is 2.54 bits per heavy atom. The van der Waals surface area contributed by atoms with E-state index in [2.05, 4.69) is 4.99 Å². The van der Waals surface area contributed by atoms with E-state index in [1.54, 1.807) is 77.1 Å². The van der Waals surface area contributed by atoms with Gasteiger partial charge in [-0.05, 0) is 76.1 Å². The number of benzene rings is 2. The van der Waals surface area contributed by atoms with E-state index in [1.165, 1.54) is 22.0 Å². The first-order valence-corrected chi connectivity index (χ1v) is 14.0. The van der Waals surface area contributed by atoms with Crippen LogP contribution in [0.3, 0.4) is 0 Å². The SMILES string of the molecule is CC1=C(C(=O)OC(C)C)C(c2ccc(Cl)cc2)n2c(sc(=Cc3ccc(-c4cc(C)c(C)c([N+](=O)[O-])c4)o3)c2=O)=N1. The first-order valence-electron chi connectivity index (χ1n) is 12.8. The number of fused-ring (bicyclic) bond motifs is 1. The minimum Gasteiger partial charge on any atom is -0.459 e. The van der Waals surface area contributed by atoms with Crippen molar-refractivity contribution in [2.45, 2.75) is 46.8 Å². The number of nitro groups is 1. The van der Waals surface area contributed by atoms with Crippen LogP contribution in [0.1, 0.15) is 49.3 Å². The molecule has 3 heterocycles. The van der Waals surface area contributed by atoms with Gasteiger partial charge in [-0.15, -0.1) is 0 Å². The summed E-state index contributed by atoms with van der Waals surface area (Å²) < 4.78 is 13.3. The maximum Gasteiger partial charge on any atom is 0.338 e. The van der Waals surface area contributed by atoms with E-state index in [9.17, 15) is 19.7 Å². The van der Waals surface area contributed by atoms with Crippen molar-refractivity contribution >= 4 is 40.7 Å². The lowest BCUT2D eigenvalue weighted by molar-refractivity contribution is -0.385. The summed E-state index contributed by atoms with van der Waals surface area (Å²) in [5, 5.41) is 12.0. The molecule has 210 valence electrons. The highest BCUT2D eigenvalue weighted by Crippen LogP contribution is 2.33. The van der Waals surface area contributed by atoms with E-state index in [0.717, 1.165) is 5.56 Å². The van der Waals surface area contributed by atoms with Gasteiger partial charge in [0.2, 0.25) is 0 Å². The molecule has 5 rings (SSSR count). The molecule has 1 atom stereocenters. The molecule has 4 aromatic rings. The average Bonchev–Trinajstić information content (AvgIpc) is 3.49. The number of esters is 1. The number of carbonyl (C=O) groups is 1. The summed E-state index contributed by atoms with van der Waals surface area (Å²) in [4.78, 5) is 43.1. The minimum absolute atomic E-state index is 0.00984. The summed E-state index contributed by atoms with van der Waals surface area (Å²) in [5.41, 5.74) is 3.00. The maximum atomic E-state index is 13.8. The highest BCUT2D eigenvalue weighted by molar-refractivity contribution is 7.07. The van der Waals surface area contributed by atoms with Gasteiger partial charge in [0.25, 0.3) is 11.2 Å². The number of aryl methyl sites for hydroxylation is 1. The van der Waals surface area contributed by atoms with Gasteiger partial charge in [0, 0.05) is 28.3 Å². The first kappa shape index (κ1) is 28.3. The van der Waals surface area contributed by atoms with E-state index in [1.807, 2.05) is 6.07 Å². The number of nitro benzene ring substituents is 1. The summed E-state index contributed by atoms with van der Waals surface area (Å²) >= 11 is 7.29. The van der Waals surface area contributed by atoms with E-state index >= 15 is 0 Å². The van der Waals surface area contributed by atoms with Crippen molar-refractivity contribution < 1.29 is 18.9 Å². The number of aromatic nitrogens is 1. The van der Waals surface area contributed by atoms with E-state index in [4.69, 9.17) is 20.8 Å². The molecular weight excluding hydrogens is 566 g/mol. The van der Waals surface area contributed by atoms with E-state index in [-0.39, 0.29) is 22.9 Å². The van der Waals surface area contributed by atoms with E-state index < -0.39 is 16.9 Å². The molecule has 0 spiro atoms. The third-order valence-electron chi connectivity index (χ3n) is 6.79. The van der Waals surface area contributed by atoms with Crippen molar-refractivity contribution in [1.29, 1.82) is 0 Å². The first-order chi connectivity index (χ1) is 19.4. The van der Waals surface area contributed by atoms with Gasteiger partial charge in [0.1, 0.15) is 11.5 Å². The molecule has 2 aromatic carbocycles. The van der Waals surface area contributed by atoms with Crippen LogP contribution in [0.15, 0.2) is 74.0 Å². The van der Waals surface area contributed by atoms with Gasteiger partial charge in [0.05, 0.1) is 32.9 Å². The molecule has 1 unspecified atom stereocenters. The van der Waals surface area contributed by atoms with Gasteiger partial charge in [-0.25, -0.2) is 9.79 Å². The number of ether oxygens (including phenoxy) is 1. The number of hydrogen-bond acceptors (Lipinski definition) is 8. The number of hydrogen-bond donors (Lipinski definition) is 0. The second-order valence-corrected chi connectivity index (χ2v) is 11.4. The molecule has 11 heteroatoms. The van der Waals surface area contributed by atoms with Crippen LogP contribution >= 0.6 is 22.9 Å². The maximum absolute atomic E-state index is 13.8. The van der Waals surface area contributed by atoms with Crippen LogP contribution in [0.4, 0.5) is 5.69 Å². The summed E-state index contributed by atoms with van der Waals surface area (Å²) in [6.45, 7) is 8.75. The fourth-order valence-corrected chi connectivity index (χ4v) is 5.86. The monoisotopic (exact) mass is 591 g/mol. The Kier molecular flexibility index (Phi) is 7.54. The molecule has 0 aliphatic carbocycles. The lowest BCUT2D eigenvalue weighted by Crippen LogP contribution is -2.40. The van der Waals surface area contributed by atoms with Crippen molar-refractivity contribution in [3.05, 3.63) is 117 Å². The van der Waals surface area contributed by atoms with Crippen molar-refractivity contribution in [2.75, 3.05) is 0 Å². The zero-order valence-electron chi connectivity index (χ0n) is 22.9. The summed E-state index contributed by atoms with van der Waals surface area (Å²) in [5.74, 6) is 0.279. The fourth-order valence-electron chi connectivity index (χ4n) is 4.71. The predicted octanol–water partition coefficient (Wildman–Crippen LogP) is 5.63. The molecule has 0 saturated heterocycles. The molecule has 9 nitrogen and oxygen atoms in total. The Morgan fingerprint density at radius 1 is 1.17 bits per heavy atom. The van der Waals surface area contributed by atoms with Gasteiger partial charge in [-0.1, -0.05) is 35.1 Å². The Bertz CT molecular complexity index is 1910. The standard InChI is InChI=1S/C30H26ClN3O6S/c1-15(2)39-29(36)26-18(5)32-30-33(27(26)19-6-8-21(31)9-7-19)28(35)25(41-30)14-22-10-11-24(40-22)20-12-16(3)17(4)23(13-20)34(37)38/h6-15,27H,1-5H3. The Labute approximate surface area is 243 Å². The predicted molar refractivity (Wildman–Crippen MR) is 157 cm³/mol. The largest absolute Gasteiger partial charge is 0.459 e. The zero-order chi connectivity index (χ0) is 29.6. The second-order valence-electron chi connectivity index (χ2n) is 9.98. The van der Waals surface area contributed by atoms with Crippen LogP contribution < -0.4 is 14.9 Å². The summed E-state index contributed by atoms with van der Waals surface area (Å²) in [6, 6.07) is 12.9. The molecule has 0 fully saturated rings. The van der Waals surface area contributed by atoms with Crippen molar-refractivity contribution in [3.63, 3.8) is 0 Å². The second kappa shape index (κ2) is 10.9. The van der Waals surface area contributed by atoms with Crippen molar-refractivity contribution in [3.8, 4) is 11.3 Å². The van der Waals surface area contributed by atoms with Gasteiger partial charge in [0.15, 0.2) is 4.80 Å². The molecule has 0 amide bonds. The quantitative estimate of drug-likeness (QED) is 0.163. The summed E-state index contributed by atoms with van der Waals surface area (Å²) in [6.07, 6.45) is 1.25. The smallest absolute Gasteiger partial charge is 0.338 e. The Hall–Kier alpha value is -4.28. The van der Waals surface area contributed by atoms with Crippen LogP contribution in [0, 0.1) is 24.0 Å². The molecule has 0 bridgehead atoms. The van der Waals surface area contributed by atoms with Gasteiger partial charge in [-0.3, -0.25) is 19.5 Å². The van der Waals surface area contributed by atoms with Crippen LogP contribution in [-0.4, -0.2) is 21.6 Å². The number of furan rings is 1. The van der Waals surface area contributed by atoms with Gasteiger partial charge in [-0.2, -0.15) is 0 Å².